The average molecular weight is 585 g/mol. The Bertz CT molecular complexity index is 1010. The molecule has 2 aliphatic heterocycles. The number of halogens is 4. The van der Waals surface area contributed by atoms with Gasteiger partial charge < -0.3 is 19.9 Å². The molecule has 40 heavy (non-hydrogen) atoms. The van der Waals surface area contributed by atoms with E-state index in [1.54, 1.807) is 12.1 Å². The molecule has 4 rings (SSSR count). The number of nitrogens with zero attached hydrogens (tertiary/aromatic N) is 3. The molecule has 224 valence electrons. The molecular weight excluding hydrogens is 541 g/mol. The van der Waals surface area contributed by atoms with Crippen molar-refractivity contribution < 1.29 is 22.8 Å². The van der Waals surface area contributed by atoms with Crippen LogP contribution in [0.5, 0.6) is 0 Å². The highest BCUT2D eigenvalue weighted by atomic mass is 35.5. The van der Waals surface area contributed by atoms with Crippen LogP contribution in [-0.4, -0.2) is 80.5 Å². The summed E-state index contributed by atoms with van der Waals surface area (Å²) in [6.07, 6.45) is -2.95. The summed E-state index contributed by atoms with van der Waals surface area (Å²) in [6, 6.07) is 16.6. The molecule has 2 saturated heterocycles. The molecule has 2 aliphatic rings. The van der Waals surface area contributed by atoms with E-state index >= 15 is 0 Å². The van der Waals surface area contributed by atoms with Crippen LogP contribution in [0.4, 0.5) is 24.5 Å². The second kappa shape index (κ2) is 17.1. The van der Waals surface area contributed by atoms with E-state index in [1.165, 1.54) is 17.6 Å². The number of hydrogen-bond donors (Lipinski definition) is 1. The SMILES string of the molecule is C.C=O.CC.CN(CCCC(F)(F)F)C(=O)c1ccc(NC2CN(C3CCN(c4ccccc4)CC3)C2)cc1Cl. The number of rotatable bonds is 8. The van der Waals surface area contributed by atoms with Crippen LogP contribution < -0.4 is 10.2 Å². The molecule has 10 heteroatoms. The van der Waals surface area contributed by atoms with Gasteiger partial charge in [-0.05, 0) is 49.6 Å². The fraction of sp³-hybridized carbons (Fsp3) is 0.533. The monoisotopic (exact) mass is 584 g/mol. The highest BCUT2D eigenvalue weighted by molar-refractivity contribution is 6.34. The first-order valence-electron chi connectivity index (χ1n) is 13.4. The Morgan fingerprint density at radius 1 is 1.07 bits per heavy atom. The summed E-state index contributed by atoms with van der Waals surface area (Å²) in [4.78, 5) is 26.8. The maximum Gasteiger partial charge on any atom is 0.389 e. The topological polar surface area (TPSA) is 55.9 Å². The van der Waals surface area contributed by atoms with Gasteiger partial charge in [-0.3, -0.25) is 9.69 Å². The molecule has 0 atom stereocenters. The van der Waals surface area contributed by atoms with Crippen molar-refractivity contribution in [3.05, 3.63) is 59.1 Å². The summed E-state index contributed by atoms with van der Waals surface area (Å²) < 4.78 is 37.1. The molecule has 0 unspecified atom stereocenters. The second-order valence-electron chi connectivity index (χ2n) is 9.49. The zero-order valence-electron chi connectivity index (χ0n) is 23.0. The van der Waals surface area contributed by atoms with Crippen molar-refractivity contribution in [1.29, 1.82) is 0 Å². The van der Waals surface area contributed by atoms with Crippen molar-refractivity contribution >= 4 is 35.7 Å². The van der Waals surface area contributed by atoms with E-state index < -0.39 is 12.6 Å². The minimum Gasteiger partial charge on any atom is -0.380 e. The van der Waals surface area contributed by atoms with Crippen molar-refractivity contribution in [3.8, 4) is 0 Å². The fourth-order valence-electron chi connectivity index (χ4n) is 4.87. The van der Waals surface area contributed by atoms with Gasteiger partial charge in [-0.25, -0.2) is 0 Å². The number of alkyl halides is 3. The Balaban J connectivity index is 0.00000153. The largest absolute Gasteiger partial charge is 0.389 e. The maximum absolute atomic E-state index is 12.6. The zero-order chi connectivity index (χ0) is 29.0. The van der Waals surface area contributed by atoms with Crippen molar-refractivity contribution in [3.63, 3.8) is 0 Å². The van der Waals surface area contributed by atoms with E-state index in [1.807, 2.05) is 32.8 Å². The van der Waals surface area contributed by atoms with E-state index in [-0.39, 0.29) is 26.3 Å². The smallest absolute Gasteiger partial charge is 0.380 e. The number of anilines is 2. The van der Waals surface area contributed by atoms with Gasteiger partial charge in [0.25, 0.3) is 5.91 Å². The predicted molar refractivity (Wildman–Crippen MR) is 160 cm³/mol. The van der Waals surface area contributed by atoms with Gasteiger partial charge in [-0.2, -0.15) is 13.2 Å². The second-order valence-corrected chi connectivity index (χ2v) is 9.90. The van der Waals surface area contributed by atoms with Gasteiger partial charge in [0, 0.05) is 63.6 Å². The van der Waals surface area contributed by atoms with Crippen LogP contribution in [0.3, 0.4) is 0 Å². The van der Waals surface area contributed by atoms with Gasteiger partial charge in [-0.15, -0.1) is 0 Å². The molecule has 0 aliphatic carbocycles. The lowest BCUT2D eigenvalue weighted by atomic mass is 9.97. The lowest BCUT2D eigenvalue weighted by Gasteiger charge is -2.48. The molecule has 0 aromatic heterocycles. The third-order valence-corrected chi connectivity index (χ3v) is 7.20. The summed E-state index contributed by atoms with van der Waals surface area (Å²) >= 11 is 6.35. The highest BCUT2D eigenvalue weighted by Gasteiger charge is 2.34. The third kappa shape index (κ3) is 10.3. The number of para-hydroxylation sites is 1. The molecular formula is C30H44ClF3N4O2. The number of amides is 1. The molecule has 6 nitrogen and oxygen atoms in total. The Labute approximate surface area is 242 Å². The van der Waals surface area contributed by atoms with Crippen molar-refractivity contribution in [2.24, 2.45) is 0 Å². The quantitative estimate of drug-likeness (QED) is 0.362. The molecule has 2 aromatic rings. The van der Waals surface area contributed by atoms with Crippen LogP contribution in [0.25, 0.3) is 0 Å². The van der Waals surface area contributed by atoms with Gasteiger partial charge in [-0.1, -0.05) is 51.1 Å². The van der Waals surface area contributed by atoms with E-state index in [4.69, 9.17) is 16.4 Å². The van der Waals surface area contributed by atoms with E-state index in [0.717, 1.165) is 44.7 Å². The van der Waals surface area contributed by atoms with E-state index in [9.17, 15) is 18.0 Å². The molecule has 1 amide bonds. The van der Waals surface area contributed by atoms with Gasteiger partial charge in [0.15, 0.2) is 0 Å². The fourth-order valence-corrected chi connectivity index (χ4v) is 5.13. The number of benzene rings is 2. The molecule has 2 aromatic carbocycles. The predicted octanol–water partition coefficient (Wildman–Crippen LogP) is 7.00. The van der Waals surface area contributed by atoms with Crippen molar-refractivity contribution in [2.45, 2.75) is 65.2 Å². The Morgan fingerprint density at radius 2 is 1.68 bits per heavy atom. The van der Waals surface area contributed by atoms with Crippen LogP contribution in [0.15, 0.2) is 48.5 Å². The van der Waals surface area contributed by atoms with Gasteiger partial charge in [0.05, 0.1) is 16.6 Å². The van der Waals surface area contributed by atoms with Crippen LogP contribution in [0.1, 0.15) is 57.3 Å². The van der Waals surface area contributed by atoms with Crippen molar-refractivity contribution in [2.75, 3.05) is 50.0 Å². The Morgan fingerprint density at radius 3 is 2.23 bits per heavy atom. The minimum absolute atomic E-state index is 0. The third-order valence-electron chi connectivity index (χ3n) is 6.88. The molecule has 1 N–H and O–H groups in total. The number of likely N-dealkylation sites (tertiary alicyclic amines) is 1. The maximum atomic E-state index is 12.6. The standard InChI is InChI=1S/C26H32ClF3N4O.C2H6.CH2O.CH4/c1-32(13-5-12-26(28,29)30)25(35)23-9-8-19(16-24(23)27)31-20-17-34(18-20)22-10-14-33(15-11-22)21-6-3-2-4-7-21;2*1-2;/h2-4,6-9,16,20,22,31H,5,10-15,17-18H2,1H3;1-2H3;1H2;1H4. The van der Waals surface area contributed by atoms with Gasteiger partial charge in [0.1, 0.15) is 6.79 Å². The summed E-state index contributed by atoms with van der Waals surface area (Å²) in [5.74, 6) is -0.375. The lowest BCUT2D eigenvalue weighted by Crippen LogP contribution is -2.60. The summed E-state index contributed by atoms with van der Waals surface area (Å²) in [5, 5.41) is 3.78. The number of hydrogen-bond acceptors (Lipinski definition) is 5. The molecule has 2 heterocycles. The number of carbonyl (C=O) groups excluding carboxylic acids is 2. The summed E-state index contributed by atoms with van der Waals surface area (Å²) in [6.45, 7) is 10.1. The van der Waals surface area contributed by atoms with Crippen LogP contribution in [0.2, 0.25) is 5.02 Å². The first-order chi connectivity index (χ1) is 18.7. The minimum atomic E-state index is -4.22. The molecule has 0 radical (unpaired) electrons. The summed E-state index contributed by atoms with van der Waals surface area (Å²) in [5.41, 5.74) is 2.43. The highest BCUT2D eigenvalue weighted by Crippen LogP contribution is 2.28. The van der Waals surface area contributed by atoms with Crippen LogP contribution in [0, 0.1) is 0 Å². The number of nitrogens with one attached hydrogen (secondary N) is 1. The molecule has 2 fully saturated rings. The zero-order valence-corrected chi connectivity index (χ0v) is 23.8. The molecule has 0 saturated carbocycles. The number of piperidine rings is 1. The molecule has 0 spiro atoms. The first-order valence-corrected chi connectivity index (χ1v) is 13.8. The molecule has 0 bridgehead atoms. The lowest BCUT2D eigenvalue weighted by molar-refractivity contribution is -0.135. The van der Waals surface area contributed by atoms with E-state index in [0.29, 0.717) is 22.7 Å². The number of carbonyl (C=O) groups is 2. The van der Waals surface area contributed by atoms with Gasteiger partial charge >= 0.3 is 6.18 Å². The summed E-state index contributed by atoms with van der Waals surface area (Å²) in [7, 11) is 1.49. The van der Waals surface area contributed by atoms with E-state index in [2.05, 4.69) is 39.4 Å². The first kappa shape index (κ1) is 35.2. The van der Waals surface area contributed by atoms with Crippen LogP contribution in [-0.2, 0) is 4.79 Å². The van der Waals surface area contributed by atoms with Crippen molar-refractivity contribution in [1.82, 2.24) is 9.80 Å². The Kier molecular flexibility index (Phi) is 15.1. The Hall–Kier alpha value is -2.78. The van der Waals surface area contributed by atoms with Gasteiger partial charge in [0.2, 0.25) is 0 Å². The normalized spacial score (nSPS) is 15.8. The van der Waals surface area contributed by atoms with Crippen LogP contribution >= 0.6 is 11.6 Å². The average Bonchev–Trinajstić information content (AvgIpc) is 2.92.